The summed E-state index contributed by atoms with van der Waals surface area (Å²) in [6.07, 6.45) is 0. The van der Waals surface area contributed by atoms with E-state index in [2.05, 4.69) is 0 Å². The summed E-state index contributed by atoms with van der Waals surface area (Å²) in [4.78, 5) is 10.2. The largest absolute Gasteiger partial charge is 0.328 e. The molecule has 0 saturated carbocycles. The number of carbonyl (C=O) groups is 1. The summed E-state index contributed by atoms with van der Waals surface area (Å²) in [5.74, 6) is -0.0532. The molecule has 3 heteroatoms. The maximum atomic E-state index is 10.2. The van der Waals surface area contributed by atoms with Crippen molar-refractivity contribution in [3.05, 3.63) is 0 Å². The van der Waals surface area contributed by atoms with E-state index in [0.29, 0.717) is 0 Å². The quantitative estimate of drug-likeness (QED) is 0.634. The topological polar surface area (TPSA) is 69.1 Å². The van der Waals surface area contributed by atoms with Crippen molar-refractivity contribution in [1.29, 1.82) is 0 Å². The summed E-state index contributed by atoms with van der Waals surface area (Å²) in [6.45, 7) is 9.67. The maximum absolute atomic E-state index is 10.2. The van der Waals surface area contributed by atoms with Gasteiger partial charge in [-0.25, -0.2) is 0 Å². The lowest BCUT2D eigenvalue weighted by Crippen LogP contribution is -2.35. The molecular formula is C8H22N2O. The van der Waals surface area contributed by atoms with E-state index in [4.69, 9.17) is 11.5 Å². The molecule has 70 valence electrons. The normalized spacial score (nSPS) is 9.73. The fourth-order valence-corrected chi connectivity index (χ4v) is 0.166. The summed E-state index contributed by atoms with van der Waals surface area (Å²) in [5.41, 5.74) is 10.2. The number of rotatable bonds is 2. The van der Waals surface area contributed by atoms with Crippen LogP contribution in [0.2, 0.25) is 0 Å². The molecule has 1 atom stereocenters. The van der Waals surface area contributed by atoms with E-state index in [1.54, 1.807) is 0 Å². The van der Waals surface area contributed by atoms with Crippen molar-refractivity contribution < 1.29 is 4.79 Å². The van der Waals surface area contributed by atoms with Gasteiger partial charge in [0.05, 0.1) is 6.04 Å². The van der Waals surface area contributed by atoms with E-state index in [1.807, 2.05) is 27.7 Å². The maximum Gasteiger partial charge on any atom is 0.147 e. The number of nitrogens with two attached hydrogens (primary N) is 2. The Kier molecular flexibility index (Phi) is 25.0. The Morgan fingerprint density at radius 3 is 1.55 bits per heavy atom. The van der Waals surface area contributed by atoms with E-state index in [0.717, 1.165) is 0 Å². The van der Waals surface area contributed by atoms with Crippen molar-refractivity contribution in [2.45, 2.75) is 40.7 Å². The summed E-state index contributed by atoms with van der Waals surface area (Å²) in [6, 6.07) is -0.458. The first kappa shape index (κ1) is 16.9. The second-order valence-corrected chi connectivity index (χ2v) is 1.45. The second-order valence-electron chi connectivity index (χ2n) is 1.45. The third-order valence-corrected chi connectivity index (χ3v) is 0.776. The molecule has 0 amide bonds. The van der Waals surface area contributed by atoms with Gasteiger partial charge in [0.15, 0.2) is 0 Å². The lowest BCUT2D eigenvalue weighted by Gasteiger charge is -1.99. The highest BCUT2D eigenvalue weighted by Crippen LogP contribution is 1.72. The molecule has 0 heterocycles. The van der Waals surface area contributed by atoms with Gasteiger partial charge >= 0.3 is 0 Å². The highest BCUT2D eigenvalue weighted by molar-refractivity contribution is 5.81. The fourth-order valence-electron chi connectivity index (χ4n) is 0.166. The van der Waals surface area contributed by atoms with Crippen LogP contribution in [0.1, 0.15) is 34.6 Å². The molecule has 0 aliphatic carbocycles. The molecule has 0 spiro atoms. The fraction of sp³-hybridized carbons (Fsp3) is 0.875. The Balaban J connectivity index is -0.000000138. The molecule has 0 aliphatic heterocycles. The Morgan fingerprint density at radius 2 is 1.55 bits per heavy atom. The average Bonchev–Trinajstić information content (AvgIpc) is 2.10. The lowest BCUT2D eigenvalue weighted by atomic mass is 10.2. The minimum Gasteiger partial charge on any atom is -0.328 e. The summed E-state index contributed by atoms with van der Waals surface area (Å²) in [7, 11) is 0. The van der Waals surface area contributed by atoms with Gasteiger partial charge in [0.25, 0.3) is 0 Å². The van der Waals surface area contributed by atoms with Crippen LogP contribution < -0.4 is 11.5 Å². The van der Waals surface area contributed by atoms with Crippen LogP contribution in [0.5, 0.6) is 0 Å². The molecule has 0 aliphatic rings. The summed E-state index contributed by atoms with van der Waals surface area (Å²) in [5, 5.41) is 0. The van der Waals surface area contributed by atoms with Crippen molar-refractivity contribution in [1.82, 2.24) is 0 Å². The van der Waals surface area contributed by atoms with Crippen LogP contribution in [-0.2, 0) is 4.79 Å². The molecule has 1 unspecified atom stereocenters. The number of ketones is 1. The minimum atomic E-state index is -0.458. The van der Waals surface area contributed by atoms with E-state index < -0.39 is 6.04 Å². The van der Waals surface area contributed by atoms with Crippen LogP contribution in [0.3, 0.4) is 0 Å². The molecule has 0 aromatic rings. The van der Waals surface area contributed by atoms with Crippen molar-refractivity contribution >= 4 is 5.78 Å². The molecule has 0 aromatic heterocycles. The monoisotopic (exact) mass is 162 g/mol. The first-order valence-electron chi connectivity index (χ1n) is 4.14. The number of hydrogen-bond donors (Lipinski definition) is 2. The van der Waals surface area contributed by atoms with Gasteiger partial charge in [0.1, 0.15) is 5.78 Å². The van der Waals surface area contributed by atoms with E-state index in [-0.39, 0.29) is 12.3 Å². The Morgan fingerprint density at radius 1 is 1.27 bits per heavy atom. The smallest absolute Gasteiger partial charge is 0.147 e. The molecule has 0 aromatic carbocycles. The molecule has 0 radical (unpaired) electrons. The van der Waals surface area contributed by atoms with E-state index in [1.165, 1.54) is 6.92 Å². The predicted molar refractivity (Wildman–Crippen MR) is 50.4 cm³/mol. The molecular weight excluding hydrogens is 140 g/mol. The van der Waals surface area contributed by atoms with Crippen LogP contribution in [0, 0.1) is 0 Å². The van der Waals surface area contributed by atoms with Gasteiger partial charge in [-0.2, -0.15) is 0 Å². The van der Waals surface area contributed by atoms with Gasteiger partial charge in [0, 0.05) is 6.54 Å². The highest BCUT2D eigenvalue weighted by Gasteiger charge is 2.01. The van der Waals surface area contributed by atoms with Crippen molar-refractivity contribution in [3.63, 3.8) is 0 Å². The molecule has 11 heavy (non-hydrogen) atoms. The Labute approximate surface area is 70.1 Å². The van der Waals surface area contributed by atoms with Gasteiger partial charge in [0.2, 0.25) is 0 Å². The first-order chi connectivity index (χ1) is 5.18. The standard InChI is InChI=1S/C4H10N2O.2C2H6/c1-3(7)4(6)2-5;2*1-2/h4H,2,5-6H2,1H3;2*1-2H3. The van der Waals surface area contributed by atoms with Gasteiger partial charge in [-0.05, 0) is 6.92 Å². The third-order valence-electron chi connectivity index (χ3n) is 0.776. The van der Waals surface area contributed by atoms with Crippen molar-refractivity contribution in [2.75, 3.05) is 6.54 Å². The molecule has 0 saturated heterocycles. The minimum absolute atomic E-state index is 0.0532. The molecule has 3 nitrogen and oxygen atoms in total. The molecule has 0 bridgehead atoms. The van der Waals surface area contributed by atoms with Crippen LogP contribution in [0.15, 0.2) is 0 Å². The average molecular weight is 162 g/mol. The predicted octanol–water partition coefficient (Wildman–Crippen LogP) is 0.914. The third kappa shape index (κ3) is 17.7. The van der Waals surface area contributed by atoms with Gasteiger partial charge < -0.3 is 11.5 Å². The van der Waals surface area contributed by atoms with Crippen LogP contribution in [0.4, 0.5) is 0 Å². The van der Waals surface area contributed by atoms with E-state index in [9.17, 15) is 4.79 Å². The summed E-state index contributed by atoms with van der Waals surface area (Å²) < 4.78 is 0. The Bertz CT molecular complexity index is 74.5. The highest BCUT2D eigenvalue weighted by atomic mass is 16.1. The SMILES string of the molecule is CC.CC.CC(=O)C(N)CN. The second kappa shape index (κ2) is 16.3. The van der Waals surface area contributed by atoms with E-state index >= 15 is 0 Å². The first-order valence-corrected chi connectivity index (χ1v) is 4.14. The number of hydrogen-bond acceptors (Lipinski definition) is 3. The zero-order valence-electron chi connectivity index (χ0n) is 8.35. The van der Waals surface area contributed by atoms with Gasteiger partial charge in [-0.1, -0.05) is 27.7 Å². The molecule has 4 N–H and O–H groups in total. The van der Waals surface area contributed by atoms with Crippen LogP contribution >= 0.6 is 0 Å². The zero-order valence-corrected chi connectivity index (χ0v) is 8.35. The van der Waals surface area contributed by atoms with Gasteiger partial charge in [-0.15, -0.1) is 0 Å². The molecule has 0 rings (SSSR count). The summed E-state index contributed by atoms with van der Waals surface area (Å²) >= 11 is 0. The van der Waals surface area contributed by atoms with Crippen molar-refractivity contribution in [2.24, 2.45) is 11.5 Å². The number of Topliss-reactive ketones (excluding diaryl/α,β-unsaturated/α-hetero) is 1. The Hall–Kier alpha value is -0.410. The van der Waals surface area contributed by atoms with Crippen molar-refractivity contribution in [3.8, 4) is 0 Å². The van der Waals surface area contributed by atoms with Crippen LogP contribution in [-0.4, -0.2) is 18.4 Å². The molecule has 0 fully saturated rings. The zero-order chi connectivity index (χ0) is 9.86. The van der Waals surface area contributed by atoms with Gasteiger partial charge in [-0.3, -0.25) is 4.79 Å². The lowest BCUT2D eigenvalue weighted by molar-refractivity contribution is -0.117. The van der Waals surface area contributed by atoms with Crippen LogP contribution in [0.25, 0.3) is 0 Å². The number of carbonyl (C=O) groups excluding carboxylic acids is 1.